The number of likely N-dealkylation sites (tertiary alicyclic amines) is 1. The van der Waals surface area contributed by atoms with E-state index in [9.17, 15) is 24.2 Å². The SMILES string of the molecule is Cn1cc([C@H](C(=O)O)N2CCC(c3noc4cc(F)ccc34)CC2)c2ccc(C(=O)O)cc21. The molecule has 170 valence electrons. The number of carboxylic acids is 2. The average Bonchev–Trinajstić information content (AvgIpc) is 3.35. The Morgan fingerprint density at radius 1 is 1.12 bits per heavy atom. The fourth-order valence-electron chi connectivity index (χ4n) is 4.91. The minimum absolute atomic E-state index is 0.0908. The van der Waals surface area contributed by atoms with Gasteiger partial charge < -0.3 is 19.3 Å². The molecule has 2 N–H and O–H groups in total. The first-order valence-corrected chi connectivity index (χ1v) is 10.7. The summed E-state index contributed by atoms with van der Waals surface area (Å²) in [5, 5.41) is 25.1. The van der Waals surface area contributed by atoms with Crippen LogP contribution in [0.15, 0.2) is 47.1 Å². The molecule has 2 aromatic carbocycles. The maximum Gasteiger partial charge on any atom is 0.335 e. The Labute approximate surface area is 187 Å². The summed E-state index contributed by atoms with van der Waals surface area (Å²) in [5.74, 6) is -2.27. The van der Waals surface area contributed by atoms with Crippen molar-refractivity contribution in [3.05, 3.63) is 65.2 Å². The second-order valence-corrected chi connectivity index (χ2v) is 8.49. The zero-order valence-corrected chi connectivity index (χ0v) is 17.9. The van der Waals surface area contributed by atoms with Crippen LogP contribution in [0.2, 0.25) is 0 Å². The summed E-state index contributed by atoms with van der Waals surface area (Å²) < 4.78 is 20.5. The van der Waals surface area contributed by atoms with Crippen LogP contribution >= 0.6 is 0 Å². The van der Waals surface area contributed by atoms with Crippen molar-refractivity contribution in [2.75, 3.05) is 13.1 Å². The Hall–Kier alpha value is -3.72. The molecule has 0 amide bonds. The van der Waals surface area contributed by atoms with Crippen LogP contribution in [0.5, 0.6) is 0 Å². The molecule has 2 aromatic heterocycles. The number of hydrogen-bond donors (Lipinski definition) is 2. The number of aryl methyl sites for hydroxylation is 1. The molecule has 0 saturated carbocycles. The number of fused-ring (bicyclic) bond motifs is 2. The summed E-state index contributed by atoms with van der Waals surface area (Å²) in [6, 6.07) is 8.26. The molecule has 9 heteroatoms. The van der Waals surface area contributed by atoms with Gasteiger partial charge in [0, 0.05) is 47.1 Å². The largest absolute Gasteiger partial charge is 0.480 e. The minimum Gasteiger partial charge on any atom is -0.480 e. The third kappa shape index (κ3) is 3.64. The molecule has 0 spiro atoms. The Morgan fingerprint density at radius 3 is 2.55 bits per heavy atom. The van der Waals surface area contributed by atoms with E-state index in [1.54, 1.807) is 36.0 Å². The van der Waals surface area contributed by atoms with Crippen LogP contribution in [0.4, 0.5) is 4.39 Å². The number of aromatic carboxylic acids is 1. The van der Waals surface area contributed by atoms with Gasteiger partial charge in [0.2, 0.25) is 0 Å². The molecule has 0 unspecified atom stereocenters. The highest BCUT2D eigenvalue weighted by Crippen LogP contribution is 2.37. The molecule has 0 aliphatic carbocycles. The maximum atomic E-state index is 13.5. The molecule has 5 rings (SSSR count). The summed E-state index contributed by atoms with van der Waals surface area (Å²) >= 11 is 0. The zero-order valence-electron chi connectivity index (χ0n) is 17.9. The number of carboxylic acid groups (broad SMARTS) is 2. The Morgan fingerprint density at radius 2 is 1.85 bits per heavy atom. The van der Waals surface area contributed by atoms with Gasteiger partial charge in [-0.15, -0.1) is 0 Å². The van der Waals surface area contributed by atoms with Crippen LogP contribution in [-0.2, 0) is 11.8 Å². The predicted molar refractivity (Wildman–Crippen MR) is 118 cm³/mol. The number of carbonyl (C=O) groups is 2. The van der Waals surface area contributed by atoms with E-state index in [1.807, 2.05) is 4.90 Å². The molecule has 1 atom stereocenters. The van der Waals surface area contributed by atoms with Crippen molar-refractivity contribution < 1.29 is 28.7 Å². The van der Waals surface area contributed by atoms with Crippen LogP contribution < -0.4 is 0 Å². The first-order valence-electron chi connectivity index (χ1n) is 10.7. The molecule has 0 bridgehead atoms. The standard InChI is InChI=1S/C24H22FN3O5/c1-27-12-18(16-4-2-14(23(29)30)10-19(16)27)22(24(31)32)28-8-6-13(7-9-28)21-17-5-3-15(25)11-20(17)33-26-21/h2-5,10-13,22H,6-9H2,1H3,(H,29,30)(H,31,32)/t22-/m1/s1. The summed E-state index contributed by atoms with van der Waals surface area (Å²) in [4.78, 5) is 25.6. The Bertz CT molecular complexity index is 1380. The highest BCUT2D eigenvalue weighted by Gasteiger charge is 2.34. The number of nitrogens with zero attached hydrogens (tertiary/aromatic N) is 3. The number of benzene rings is 2. The monoisotopic (exact) mass is 451 g/mol. The maximum absolute atomic E-state index is 13.5. The fraction of sp³-hybridized carbons (Fsp3) is 0.292. The molecule has 8 nitrogen and oxygen atoms in total. The second-order valence-electron chi connectivity index (χ2n) is 8.49. The highest BCUT2D eigenvalue weighted by molar-refractivity contribution is 5.96. The van der Waals surface area contributed by atoms with Gasteiger partial charge in [0.1, 0.15) is 11.9 Å². The smallest absolute Gasteiger partial charge is 0.335 e. The average molecular weight is 451 g/mol. The first-order chi connectivity index (χ1) is 15.8. The lowest BCUT2D eigenvalue weighted by Crippen LogP contribution is -2.39. The minimum atomic E-state index is -1.03. The van der Waals surface area contributed by atoms with Crippen molar-refractivity contribution >= 4 is 33.8 Å². The molecule has 33 heavy (non-hydrogen) atoms. The van der Waals surface area contributed by atoms with Gasteiger partial charge in [-0.2, -0.15) is 0 Å². The number of aromatic nitrogens is 2. The third-order valence-electron chi connectivity index (χ3n) is 6.54. The van der Waals surface area contributed by atoms with Gasteiger partial charge in [0.15, 0.2) is 5.58 Å². The van der Waals surface area contributed by atoms with Crippen molar-refractivity contribution in [2.24, 2.45) is 7.05 Å². The van der Waals surface area contributed by atoms with Gasteiger partial charge in [-0.1, -0.05) is 11.2 Å². The quantitative estimate of drug-likeness (QED) is 0.469. The van der Waals surface area contributed by atoms with E-state index in [1.165, 1.54) is 18.2 Å². The zero-order chi connectivity index (χ0) is 23.3. The summed E-state index contributed by atoms with van der Waals surface area (Å²) in [5.41, 5.74) is 2.66. The van der Waals surface area contributed by atoms with Crippen LogP contribution in [0, 0.1) is 5.82 Å². The van der Waals surface area contributed by atoms with E-state index >= 15 is 0 Å². The molecule has 0 radical (unpaired) electrons. The van der Waals surface area contributed by atoms with Gasteiger partial charge in [-0.3, -0.25) is 9.69 Å². The summed E-state index contributed by atoms with van der Waals surface area (Å²) in [7, 11) is 1.78. The van der Waals surface area contributed by atoms with Gasteiger partial charge in [-0.25, -0.2) is 9.18 Å². The lowest BCUT2D eigenvalue weighted by Gasteiger charge is -2.35. The summed E-state index contributed by atoms with van der Waals surface area (Å²) in [6.07, 6.45) is 3.15. The van der Waals surface area contributed by atoms with E-state index in [0.29, 0.717) is 42.6 Å². The van der Waals surface area contributed by atoms with Crippen LogP contribution in [0.1, 0.15) is 46.4 Å². The molecule has 1 aliphatic heterocycles. The Balaban J connectivity index is 1.41. The first kappa shape index (κ1) is 21.1. The van der Waals surface area contributed by atoms with Crippen molar-refractivity contribution in [1.82, 2.24) is 14.6 Å². The molecule has 3 heterocycles. The van der Waals surface area contributed by atoms with Crippen LogP contribution in [0.25, 0.3) is 21.9 Å². The van der Waals surface area contributed by atoms with E-state index < -0.39 is 18.0 Å². The molecule has 1 aliphatic rings. The van der Waals surface area contributed by atoms with Gasteiger partial charge in [0.05, 0.1) is 11.3 Å². The van der Waals surface area contributed by atoms with Gasteiger partial charge in [-0.05, 0) is 50.2 Å². The van der Waals surface area contributed by atoms with E-state index in [4.69, 9.17) is 4.52 Å². The van der Waals surface area contributed by atoms with Gasteiger partial charge >= 0.3 is 11.9 Å². The molecule has 1 fully saturated rings. The number of hydrogen-bond acceptors (Lipinski definition) is 5. The van der Waals surface area contributed by atoms with Crippen molar-refractivity contribution in [3.8, 4) is 0 Å². The van der Waals surface area contributed by atoms with Crippen molar-refractivity contribution in [3.63, 3.8) is 0 Å². The number of halogens is 1. The van der Waals surface area contributed by atoms with E-state index in [0.717, 1.165) is 16.5 Å². The van der Waals surface area contributed by atoms with Crippen LogP contribution in [0.3, 0.4) is 0 Å². The van der Waals surface area contributed by atoms with Crippen molar-refractivity contribution in [2.45, 2.75) is 24.8 Å². The van der Waals surface area contributed by atoms with Gasteiger partial charge in [0.25, 0.3) is 0 Å². The fourth-order valence-corrected chi connectivity index (χ4v) is 4.91. The Kier molecular flexibility index (Phi) is 5.13. The molecule has 4 aromatic rings. The predicted octanol–water partition coefficient (Wildman–Crippen LogP) is 4.16. The lowest BCUT2D eigenvalue weighted by atomic mass is 9.90. The van der Waals surface area contributed by atoms with E-state index in [-0.39, 0.29) is 17.3 Å². The molecular formula is C24H22FN3O5. The number of piperidine rings is 1. The lowest BCUT2D eigenvalue weighted by molar-refractivity contribution is -0.144. The van der Waals surface area contributed by atoms with Crippen molar-refractivity contribution in [1.29, 1.82) is 0 Å². The summed E-state index contributed by atoms with van der Waals surface area (Å²) in [6.45, 7) is 1.08. The van der Waals surface area contributed by atoms with Crippen LogP contribution in [-0.4, -0.2) is 49.9 Å². The molecule has 1 saturated heterocycles. The van der Waals surface area contributed by atoms with E-state index in [2.05, 4.69) is 5.16 Å². The normalized spacial score (nSPS) is 16.4. The molecular weight excluding hydrogens is 429 g/mol. The topological polar surface area (TPSA) is 109 Å². The number of aliphatic carboxylic acids is 1. The third-order valence-corrected chi connectivity index (χ3v) is 6.54. The highest BCUT2D eigenvalue weighted by atomic mass is 19.1. The second kappa shape index (κ2) is 8.00. The number of rotatable bonds is 5.